The van der Waals surface area contributed by atoms with Crippen LogP contribution in [0.25, 0.3) is 10.9 Å². The number of hydrogen-bond donors (Lipinski definition) is 2. The molecule has 0 unspecified atom stereocenters. The van der Waals surface area contributed by atoms with E-state index >= 15 is 0 Å². The summed E-state index contributed by atoms with van der Waals surface area (Å²) < 4.78 is 27.5. The van der Waals surface area contributed by atoms with Gasteiger partial charge in [-0.15, -0.1) is 0 Å². The average molecular weight is 382 g/mol. The number of nitrogens with one attached hydrogen (secondary N) is 2. The number of aromatic nitrogens is 2. The summed E-state index contributed by atoms with van der Waals surface area (Å²) in [6.07, 6.45) is 4.72. The summed E-state index contributed by atoms with van der Waals surface area (Å²) >= 11 is 0. The van der Waals surface area contributed by atoms with Crippen molar-refractivity contribution < 1.29 is 8.42 Å². The summed E-state index contributed by atoms with van der Waals surface area (Å²) in [4.78, 5) is 9.37. The Labute approximate surface area is 159 Å². The second-order valence-electron chi connectivity index (χ2n) is 6.77. The number of sulfonamides is 1. The van der Waals surface area contributed by atoms with Gasteiger partial charge in [-0.2, -0.15) is 0 Å². The van der Waals surface area contributed by atoms with E-state index in [9.17, 15) is 8.42 Å². The van der Waals surface area contributed by atoms with Gasteiger partial charge < -0.3 is 5.32 Å². The lowest BCUT2D eigenvalue weighted by Gasteiger charge is -2.16. The third kappa shape index (κ3) is 4.09. The SMILES string of the molecule is O=S(=O)(NCc1nc(NC2CCCC2)c2ccccc2n1)c1ccccc1. The summed E-state index contributed by atoms with van der Waals surface area (Å²) in [5, 5.41) is 4.48. The monoisotopic (exact) mass is 382 g/mol. The van der Waals surface area contributed by atoms with Crippen molar-refractivity contribution in [3.8, 4) is 0 Å². The van der Waals surface area contributed by atoms with Gasteiger partial charge in [0.1, 0.15) is 11.6 Å². The van der Waals surface area contributed by atoms with E-state index in [0.717, 1.165) is 29.6 Å². The lowest BCUT2D eigenvalue weighted by atomic mass is 10.2. The van der Waals surface area contributed by atoms with Crippen LogP contribution in [0.2, 0.25) is 0 Å². The van der Waals surface area contributed by atoms with Gasteiger partial charge >= 0.3 is 0 Å². The molecular weight excluding hydrogens is 360 g/mol. The molecule has 0 spiro atoms. The lowest BCUT2D eigenvalue weighted by Crippen LogP contribution is -2.25. The minimum Gasteiger partial charge on any atom is -0.367 e. The molecule has 4 rings (SSSR count). The van der Waals surface area contributed by atoms with E-state index in [2.05, 4.69) is 20.0 Å². The number of para-hydroxylation sites is 1. The Kier molecular flexibility index (Phi) is 5.05. The molecule has 0 radical (unpaired) electrons. The van der Waals surface area contributed by atoms with Crippen LogP contribution in [0.4, 0.5) is 5.82 Å². The summed E-state index contributed by atoms with van der Waals surface area (Å²) in [7, 11) is -3.60. The van der Waals surface area contributed by atoms with E-state index in [0.29, 0.717) is 11.9 Å². The van der Waals surface area contributed by atoms with Crippen LogP contribution >= 0.6 is 0 Å². The fraction of sp³-hybridized carbons (Fsp3) is 0.300. The van der Waals surface area contributed by atoms with E-state index in [1.54, 1.807) is 30.3 Å². The highest BCUT2D eigenvalue weighted by Crippen LogP contribution is 2.26. The van der Waals surface area contributed by atoms with Crippen LogP contribution in [0.5, 0.6) is 0 Å². The predicted molar refractivity (Wildman–Crippen MR) is 106 cm³/mol. The molecule has 0 atom stereocenters. The number of hydrogen-bond acceptors (Lipinski definition) is 5. The maximum Gasteiger partial charge on any atom is 0.240 e. The Morgan fingerprint density at radius 1 is 0.926 bits per heavy atom. The molecule has 0 saturated heterocycles. The number of nitrogens with zero attached hydrogens (tertiary/aromatic N) is 2. The maximum atomic E-state index is 12.5. The number of fused-ring (bicyclic) bond motifs is 1. The normalized spacial score (nSPS) is 15.3. The van der Waals surface area contributed by atoms with E-state index in [4.69, 9.17) is 0 Å². The molecule has 7 heteroatoms. The molecule has 1 aliphatic carbocycles. The molecule has 6 nitrogen and oxygen atoms in total. The molecule has 0 amide bonds. The van der Waals surface area contributed by atoms with Crippen molar-refractivity contribution in [2.24, 2.45) is 0 Å². The minimum absolute atomic E-state index is 0.0431. The van der Waals surface area contributed by atoms with E-state index in [1.807, 2.05) is 24.3 Å². The van der Waals surface area contributed by atoms with Gasteiger partial charge in [0.15, 0.2) is 0 Å². The predicted octanol–water partition coefficient (Wildman–Crippen LogP) is 3.46. The second-order valence-corrected chi connectivity index (χ2v) is 8.54. The van der Waals surface area contributed by atoms with Crippen molar-refractivity contribution >= 4 is 26.7 Å². The number of anilines is 1. The fourth-order valence-corrected chi connectivity index (χ4v) is 4.42. The van der Waals surface area contributed by atoms with Gasteiger partial charge in [0, 0.05) is 11.4 Å². The first-order valence-electron chi connectivity index (χ1n) is 9.19. The van der Waals surface area contributed by atoms with Gasteiger partial charge in [0.25, 0.3) is 0 Å². The van der Waals surface area contributed by atoms with Gasteiger partial charge in [0.2, 0.25) is 10.0 Å². The first-order valence-corrected chi connectivity index (χ1v) is 10.7. The van der Waals surface area contributed by atoms with Crippen molar-refractivity contribution in [2.45, 2.75) is 43.2 Å². The highest BCUT2D eigenvalue weighted by Gasteiger charge is 2.18. The molecule has 2 aromatic carbocycles. The smallest absolute Gasteiger partial charge is 0.240 e. The van der Waals surface area contributed by atoms with Gasteiger partial charge in [0.05, 0.1) is 17.0 Å². The van der Waals surface area contributed by atoms with Crippen LogP contribution in [-0.4, -0.2) is 24.4 Å². The zero-order valence-electron chi connectivity index (χ0n) is 14.9. The third-order valence-electron chi connectivity index (χ3n) is 4.82. The van der Waals surface area contributed by atoms with Crippen LogP contribution < -0.4 is 10.0 Å². The largest absolute Gasteiger partial charge is 0.367 e. The van der Waals surface area contributed by atoms with Gasteiger partial charge in [-0.05, 0) is 37.1 Å². The van der Waals surface area contributed by atoms with Crippen molar-refractivity contribution in [3.05, 3.63) is 60.4 Å². The van der Waals surface area contributed by atoms with Crippen LogP contribution in [0.15, 0.2) is 59.5 Å². The molecule has 3 aromatic rings. The standard InChI is InChI=1S/C20H22N4O2S/c25-27(26,16-10-2-1-3-11-16)21-14-19-23-18-13-7-6-12-17(18)20(24-19)22-15-8-4-5-9-15/h1-3,6-7,10-13,15,21H,4-5,8-9,14H2,(H,22,23,24). The lowest BCUT2D eigenvalue weighted by molar-refractivity contribution is 0.579. The number of benzene rings is 2. The van der Waals surface area contributed by atoms with Crippen LogP contribution in [-0.2, 0) is 16.6 Å². The molecule has 0 aliphatic heterocycles. The van der Waals surface area contributed by atoms with Gasteiger partial charge in [-0.3, -0.25) is 0 Å². The zero-order chi connectivity index (χ0) is 18.7. The quantitative estimate of drug-likeness (QED) is 0.682. The van der Waals surface area contributed by atoms with Gasteiger partial charge in [-0.1, -0.05) is 43.2 Å². The summed E-state index contributed by atoms with van der Waals surface area (Å²) in [6.45, 7) is 0.0431. The van der Waals surface area contributed by atoms with Gasteiger partial charge in [-0.25, -0.2) is 23.1 Å². The van der Waals surface area contributed by atoms with E-state index in [1.165, 1.54) is 12.8 Å². The average Bonchev–Trinajstić information content (AvgIpc) is 3.20. The number of rotatable bonds is 6. The first-order chi connectivity index (χ1) is 13.1. The van der Waals surface area contributed by atoms with Crippen molar-refractivity contribution in [1.29, 1.82) is 0 Å². The molecular formula is C20H22N4O2S. The summed E-state index contributed by atoms with van der Waals surface area (Å²) in [6, 6.07) is 16.5. The second kappa shape index (κ2) is 7.62. The highest BCUT2D eigenvalue weighted by atomic mass is 32.2. The fourth-order valence-electron chi connectivity index (χ4n) is 3.42. The summed E-state index contributed by atoms with van der Waals surface area (Å²) in [5.41, 5.74) is 0.807. The topological polar surface area (TPSA) is 84.0 Å². The molecule has 0 bridgehead atoms. The Morgan fingerprint density at radius 2 is 1.63 bits per heavy atom. The first kappa shape index (κ1) is 17.9. The Morgan fingerprint density at radius 3 is 2.41 bits per heavy atom. The van der Waals surface area contributed by atoms with Crippen molar-refractivity contribution in [3.63, 3.8) is 0 Å². The van der Waals surface area contributed by atoms with Crippen LogP contribution in [0.1, 0.15) is 31.5 Å². The molecule has 140 valence electrons. The summed E-state index contributed by atoms with van der Waals surface area (Å²) in [5.74, 6) is 1.23. The van der Waals surface area contributed by atoms with Crippen LogP contribution in [0.3, 0.4) is 0 Å². The van der Waals surface area contributed by atoms with Crippen molar-refractivity contribution in [1.82, 2.24) is 14.7 Å². The molecule has 1 aliphatic rings. The van der Waals surface area contributed by atoms with E-state index in [-0.39, 0.29) is 11.4 Å². The molecule has 1 aromatic heterocycles. The molecule has 2 N–H and O–H groups in total. The van der Waals surface area contributed by atoms with Crippen LogP contribution in [0, 0.1) is 0 Å². The Balaban J connectivity index is 1.60. The zero-order valence-corrected chi connectivity index (χ0v) is 15.7. The third-order valence-corrected chi connectivity index (χ3v) is 6.24. The Bertz CT molecular complexity index is 1030. The molecule has 27 heavy (non-hydrogen) atoms. The Hall–Kier alpha value is -2.51. The molecule has 1 heterocycles. The van der Waals surface area contributed by atoms with Crippen molar-refractivity contribution in [2.75, 3.05) is 5.32 Å². The molecule has 1 fully saturated rings. The minimum atomic E-state index is -3.60. The molecule has 1 saturated carbocycles. The maximum absolute atomic E-state index is 12.5. The van der Waals surface area contributed by atoms with E-state index < -0.39 is 10.0 Å². The highest BCUT2D eigenvalue weighted by molar-refractivity contribution is 7.89.